The van der Waals surface area contributed by atoms with E-state index in [1.54, 1.807) is 6.20 Å². The summed E-state index contributed by atoms with van der Waals surface area (Å²) in [7, 11) is 0. The summed E-state index contributed by atoms with van der Waals surface area (Å²) < 4.78 is 1.81. The van der Waals surface area contributed by atoms with Crippen molar-refractivity contribution in [3.05, 3.63) is 47.8 Å². The van der Waals surface area contributed by atoms with Crippen molar-refractivity contribution >= 4 is 5.84 Å². The van der Waals surface area contributed by atoms with Gasteiger partial charge in [-0.3, -0.25) is 4.68 Å². The third-order valence-electron chi connectivity index (χ3n) is 2.90. The molecule has 2 rings (SSSR count). The molecule has 0 saturated heterocycles. The van der Waals surface area contributed by atoms with Crippen LogP contribution in [0.3, 0.4) is 0 Å². The second-order valence-corrected chi connectivity index (χ2v) is 4.38. The molecular formula is C13H18N6O. The Hall–Kier alpha value is -2.41. The van der Waals surface area contributed by atoms with Gasteiger partial charge in [0.05, 0.1) is 6.20 Å². The molecule has 7 heteroatoms. The molecule has 0 amide bonds. The summed E-state index contributed by atoms with van der Waals surface area (Å²) in [6.45, 7) is 2.55. The van der Waals surface area contributed by atoms with E-state index >= 15 is 0 Å². The zero-order valence-corrected chi connectivity index (χ0v) is 11.1. The second-order valence-electron chi connectivity index (χ2n) is 4.38. The minimum atomic E-state index is 0.123. The number of rotatable bonds is 7. The van der Waals surface area contributed by atoms with Crippen LogP contribution in [0.1, 0.15) is 17.5 Å². The van der Waals surface area contributed by atoms with Crippen molar-refractivity contribution < 1.29 is 5.21 Å². The van der Waals surface area contributed by atoms with Crippen LogP contribution in [0.25, 0.3) is 0 Å². The summed E-state index contributed by atoms with van der Waals surface area (Å²) in [5, 5.41) is 22.5. The number of hydrogen-bond donors (Lipinski definition) is 3. The van der Waals surface area contributed by atoms with Crippen LogP contribution in [-0.4, -0.2) is 32.6 Å². The highest BCUT2D eigenvalue weighted by Crippen LogP contribution is 2.04. The van der Waals surface area contributed by atoms with Crippen LogP contribution in [0.15, 0.2) is 41.8 Å². The predicted octanol–water partition coefficient (Wildman–Crippen LogP) is 0.552. The Morgan fingerprint density at radius 3 is 2.80 bits per heavy atom. The molecule has 0 unspecified atom stereocenters. The van der Waals surface area contributed by atoms with Gasteiger partial charge >= 0.3 is 0 Å². The van der Waals surface area contributed by atoms with E-state index in [1.165, 1.54) is 0 Å². The average Bonchev–Trinajstić information content (AvgIpc) is 3.00. The Kier molecular flexibility index (Phi) is 5.08. The number of aromatic nitrogens is 3. The number of nitrogens with one attached hydrogen (secondary N) is 1. The van der Waals surface area contributed by atoms with Crippen LogP contribution in [0, 0.1) is 0 Å². The van der Waals surface area contributed by atoms with Crippen molar-refractivity contribution in [1.82, 2.24) is 20.3 Å². The van der Waals surface area contributed by atoms with E-state index in [-0.39, 0.29) is 5.84 Å². The topological polar surface area (TPSA) is 101 Å². The van der Waals surface area contributed by atoms with Gasteiger partial charge in [0, 0.05) is 24.8 Å². The molecule has 1 heterocycles. The molecule has 0 bridgehead atoms. The predicted molar refractivity (Wildman–Crippen MR) is 75.3 cm³/mol. The molecule has 1 aromatic carbocycles. The monoisotopic (exact) mass is 274 g/mol. The molecule has 7 nitrogen and oxygen atoms in total. The van der Waals surface area contributed by atoms with Gasteiger partial charge in [0.15, 0.2) is 5.84 Å². The highest BCUT2D eigenvalue weighted by Gasteiger charge is 1.99. The smallest absolute Gasteiger partial charge is 0.170 e. The fourth-order valence-corrected chi connectivity index (χ4v) is 1.80. The molecule has 0 spiro atoms. The quantitative estimate of drug-likeness (QED) is 0.225. The minimum absolute atomic E-state index is 0.123. The first-order chi connectivity index (χ1) is 9.79. The first kappa shape index (κ1) is 14.0. The molecule has 0 atom stereocenters. The first-order valence-corrected chi connectivity index (χ1v) is 6.41. The van der Waals surface area contributed by atoms with E-state index < -0.39 is 0 Å². The summed E-state index contributed by atoms with van der Waals surface area (Å²) in [5.74, 6) is 0.123. The molecule has 0 aliphatic carbocycles. The number of amidine groups is 1. The molecule has 0 aliphatic heterocycles. The highest BCUT2D eigenvalue weighted by atomic mass is 16.4. The molecule has 1 aromatic heterocycles. The van der Waals surface area contributed by atoms with E-state index in [1.807, 2.05) is 35.1 Å². The normalized spacial score (nSPS) is 11.7. The van der Waals surface area contributed by atoms with Gasteiger partial charge in [0.1, 0.15) is 0 Å². The summed E-state index contributed by atoms with van der Waals surface area (Å²) in [6, 6.07) is 7.58. The third-order valence-corrected chi connectivity index (χ3v) is 2.90. The molecule has 106 valence electrons. The van der Waals surface area contributed by atoms with Crippen molar-refractivity contribution in [1.29, 1.82) is 0 Å². The molecule has 20 heavy (non-hydrogen) atoms. The Balaban J connectivity index is 1.69. The molecule has 0 aliphatic rings. The van der Waals surface area contributed by atoms with Gasteiger partial charge in [0.25, 0.3) is 0 Å². The average molecular weight is 274 g/mol. The van der Waals surface area contributed by atoms with Gasteiger partial charge in [0.2, 0.25) is 0 Å². The van der Waals surface area contributed by atoms with Crippen LogP contribution in [0.4, 0.5) is 0 Å². The van der Waals surface area contributed by atoms with E-state index in [0.717, 1.165) is 31.6 Å². The maximum atomic E-state index is 8.58. The van der Waals surface area contributed by atoms with Crippen molar-refractivity contribution in [2.45, 2.75) is 19.5 Å². The van der Waals surface area contributed by atoms with Gasteiger partial charge in [-0.1, -0.05) is 34.6 Å². The lowest BCUT2D eigenvalue weighted by molar-refractivity contribution is 0.318. The molecule has 2 aromatic rings. The van der Waals surface area contributed by atoms with Crippen molar-refractivity contribution in [2.24, 2.45) is 10.9 Å². The maximum Gasteiger partial charge on any atom is 0.170 e. The molecule has 4 N–H and O–H groups in total. The minimum Gasteiger partial charge on any atom is -0.409 e. The van der Waals surface area contributed by atoms with E-state index in [0.29, 0.717) is 5.56 Å². The molecule has 0 saturated carbocycles. The zero-order valence-electron chi connectivity index (χ0n) is 11.1. The maximum absolute atomic E-state index is 8.58. The number of aryl methyl sites for hydroxylation is 1. The summed E-state index contributed by atoms with van der Waals surface area (Å²) in [5.41, 5.74) is 7.37. The Morgan fingerprint density at radius 2 is 2.15 bits per heavy atom. The van der Waals surface area contributed by atoms with Crippen molar-refractivity contribution in [3.63, 3.8) is 0 Å². The second kappa shape index (κ2) is 7.25. The van der Waals surface area contributed by atoms with Gasteiger partial charge in [-0.15, -0.1) is 5.10 Å². The number of benzene rings is 1. The number of oxime groups is 1. The Labute approximate surface area is 117 Å². The molecule has 0 radical (unpaired) electrons. The summed E-state index contributed by atoms with van der Waals surface area (Å²) in [6.07, 6.45) is 4.52. The third kappa shape index (κ3) is 4.06. The Bertz CT molecular complexity index is 534. The van der Waals surface area contributed by atoms with Crippen LogP contribution >= 0.6 is 0 Å². The molecule has 0 fully saturated rings. The lowest BCUT2D eigenvalue weighted by atomic mass is 10.1. The highest BCUT2D eigenvalue weighted by molar-refractivity contribution is 5.96. The largest absolute Gasteiger partial charge is 0.409 e. The van der Waals surface area contributed by atoms with Crippen LogP contribution < -0.4 is 11.1 Å². The van der Waals surface area contributed by atoms with Crippen molar-refractivity contribution in [3.8, 4) is 0 Å². The van der Waals surface area contributed by atoms with Crippen molar-refractivity contribution in [2.75, 3.05) is 6.54 Å². The van der Waals surface area contributed by atoms with Crippen LogP contribution in [-0.2, 0) is 13.1 Å². The summed E-state index contributed by atoms with van der Waals surface area (Å²) in [4.78, 5) is 0. The lowest BCUT2D eigenvalue weighted by Crippen LogP contribution is -2.17. The van der Waals surface area contributed by atoms with Gasteiger partial charge < -0.3 is 16.3 Å². The SMILES string of the molecule is N/C(=N/O)c1ccc(CNCCCn2ccnn2)cc1. The zero-order chi connectivity index (χ0) is 14.2. The van der Waals surface area contributed by atoms with Crippen LogP contribution in [0.2, 0.25) is 0 Å². The molecular weight excluding hydrogens is 256 g/mol. The van der Waals surface area contributed by atoms with E-state index in [2.05, 4.69) is 20.8 Å². The summed E-state index contributed by atoms with van der Waals surface area (Å²) >= 11 is 0. The standard InChI is InChI=1S/C13H18N6O/c14-13(17-20)12-4-2-11(3-5-12)10-15-6-1-8-19-9-7-16-18-19/h2-5,7,9,15,20H,1,6,8,10H2,(H2,14,17). The van der Waals surface area contributed by atoms with E-state index in [4.69, 9.17) is 10.9 Å². The number of hydrogen-bond acceptors (Lipinski definition) is 5. The van der Waals surface area contributed by atoms with Gasteiger partial charge in [-0.25, -0.2) is 0 Å². The first-order valence-electron chi connectivity index (χ1n) is 6.41. The van der Waals surface area contributed by atoms with Gasteiger partial charge in [-0.2, -0.15) is 0 Å². The van der Waals surface area contributed by atoms with E-state index in [9.17, 15) is 0 Å². The fraction of sp³-hybridized carbons (Fsp3) is 0.308. The Morgan fingerprint density at radius 1 is 1.35 bits per heavy atom. The number of nitrogens with two attached hydrogens (primary N) is 1. The lowest BCUT2D eigenvalue weighted by Gasteiger charge is -2.06. The van der Waals surface area contributed by atoms with Crippen LogP contribution in [0.5, 0.6) is 0 Å². The fourth-order valence-electron chi connectivity index (χ4n) is 1.80. The number of nitrogens with zero attached hydrogens (tertiary/aromatic N) is 4. The van der Waals surface area contributed by atoms with Gasteiger partial charge in [-0.05, 0) is 18.5 Å².